The summed E-state index contributed by atoms with van der Waals surface area (Å²) >= 11 is 0. The number of fused-ring (bicyclic) bond motifs is 2. The van der Waals surface area contributed by atoms with Crippen molar-refractivity contribution in [2.24, 2.45) is 0 Å². The van der Waals surface area contributed by atoms with E-state index in [1.165, 1.54) is 10.7 Å². The molecule has 0 fully saturated rings. The third kappa shape index (κ3) is 1.65. The van der Waals surface area contributed by atoms with E-state index in [2.05, 4.69) is 31.0 Å². The molecule has 2 N–H and O–H groups in total. The molecule has 0 spiro atoms. The fourth-order valence-electron chi connectivity index (χ4n) is 2.68. The Bertz CT molecular complexity index is 932. The lowest BCUT2D eigenvalue weighted by Crippen LogP contribution is -2.29. The SMILES string of the molecule is Cc1n[nH]c(=O)c2c1[C@H](c1ccccc1F)n1nnnc1N2. The van der Waals surface area contributed by atoms with Crippen molar-refractivity contribution < 1.29 is 4.39 Å². The quantitative estimate of drug-likeness (QED) is 0.541. The maximum Gasteiger partial charge on any atom is 0.288 e. The van der Waals surface area contributed by atoms with Gasteiger partial charge in [0.25, 0.3) is 5.56 Å². The number of anilines is 2. The molecule has 1 atom stereocenters. The fraction of sp³-hybridized carbons (Fsp3) is 0.154. The number of hydrogen-bond donors (Lipinski definition) is 2. The summed E-state index contributed by atoms with van der Waals surface area (Å²) in [6.45, 7) is 1.74. The van der Waals surface area contributed by atoms with Gasteiger partial charge in [0.1, 0.15) is 17.5 Å². The molecule has 3 aromatic rings. The van der Waals surface area contributed by atoms with Crippen LogP contribution in [0.15, 0.2) is 29.1 Å². The average molecular weight is 299 g/mol. The molecular formula is C13H10FN7O. The minimum Gasteiger partial charge on any atom is -0.318 e. The molecule has 0 saturated carbocycles. The van der Waals surface area contributed by atoms with E-state index in [-0.39, 0.29) is 11.6 Å². The Morgan fingerprint density at radius 3 is 2.95 bits per heavy atom. The zero-order chi connectivity index (χ0) is 15.3. The lowest BCUT2D eigenvalue weighted by molar-refractivity contribution is 0.524. The number of rotatable bonds is 1. The van der Waals surface area contributed by atoms with Crippen LogP contribution in [0.1, 0.15) is 22.9 Å². The zero-order valence-corrected chi connectivity index (χ0v) is 11.4. The summed E-state index contributed by atoms with van der Waals surface area (Å²) in [5.41, 5.74) is 1.36. The van der Waals surface area contributed by atoms with Crippen molar-refractivity contribution in [1.82, 2.24) is 30.4 Å². The van der Waals surface area contributed by atoms with Crippen LogP contribution in [0, 0.1) is 12.7 Å². The van der Waals surface area contributed by atoms with Crippen molar-refractivity contribution in [3.05, 3.63) is 57.3 Å². The summed E-state index contributed by atoms with van der Waals surface area (Å²) in [5.74, 6) is -0.127. The molecule has 8 nitrogen and oxygen atoms in total. The van der Waals surface area contributed by atoms with E-state index in [1.807, 2.05) is 0 Å². The van der Waals surface area contributed by atoms with Gasteiger partial charge in [0.05, 0.1) is 5.69 Å². The van der Waals surface area contributed by atoms with E-state index in [4.69, 9.17) is 0 Å². The molecule has 9 heteroatoms. The largest absolute Gasteiger partial charge is 0.318 e. The molecule has 1 aromatic carbocycles. The lowest BCUT2D eigenvalue weighted by Gasteiger charge is -2.27. The van der Waals surface area contributed by atoms with E-state index in [0.717, 1.165) is 0 Å². The highest BCUT2D eigenvalue weighted by Crippen LogP contribution is 2.38. The van der Waals surface area contributed by atoms with Crippen LogP contribution in [0.4, 0.5) is 16.0 Å². The van der Waals surface area contributed by atoms with Gasteiger partial charge < -0.3 is 5.32 Å². The van der Waals surface area contributed by atoms with Crippen molar-refractivity contribution in [2.75, 3.05) is 5.32 Å². The van der Waals surface area contributed by atoms with E-state index >= 15 is 0 Å². The summed E-state index contributed by atoms with van der Waals surface area (Å²) < 4.78 is 15.7. The van der Waals surface area contributed by atoms with Crippen LogP contribution in [0.5, 0.6) is 0 Å². The Balaban J connectivity index is 2.07. The third-order valence-corrected chi connectivity index (χ3v) is 3.66. The highest BCUT2D eigenvalue weighted by Gasteiger charge is 2.34. The maximum atomic E-state index is 14.3. The highest BCUT2D eigenvalue weighted by molar-refractivity contribution is 5.64. The number of aryl methyl sites for hydroxylation is 1. The zero-order valence-electron chi connectivity index (χ0n) is 11.4. The van der Waals surface area contributed by atoms with E-state index in [9.17, 15) is 9.18 Å². The van der Waals surface area contributed by atoms with Crippen LogP contribution >= 0.6 is 0 Å². The summed E-state index contributed by atoms with van der Waals surface area (Å²) in [7, 11) is 0. The van der Waals surface area contributed by atoms with Gasteiger partial charge in [-0.2, -0.15) is 9.78 Å². The van der Waals surface area contributed by atoms with Crippen molar-refractivity contribution in [3.8, 4) is 0 Å². The molecule has 2 aromatic heterocycles. The molecule has 110 valence electrons. The van der Waals surface area contributed by atoms with Gasteiger partial charge in [-0.05, 0) is 23.4 Å². The predicted octanol–water partition coefficient (Wildman–Crippen LogP) is 0.899. The second kappa shape index (κ2) is 4.45. The topological polar surface area (TPSA) is 101 Å². The number of benzene rings is 1. The number of nitrogens with one attached hydrogen (secondary N) is 2. The van der Waals surface area contributed by atoms with Crippen molar-refractivity contribution >= 4 is 11.6 Å². The molecule has 3 heterocycles. The number of halogens is 1. The average Bonchev–Trinajstić information content (AvgIpc) is 2.98. The molecule has 0 bridgehead atoms. The number of tetrazole rings is 1. The molecule has 4 rings (SSSR count). The molecule has 1 aliphatic heterocycles. The van der Waals surface area contributed by atoms with Gasteiger partial charge in [-0.1, -0.05) is 23.3 Å². The van der Waals surface area contributed by atoms with Crippen LogP contribution in [0.2, 0.25) is 0 Å². The van der Waals surface area contributed by atoms with Gasteiger partial charge in [-0.15, -0.1) is 0 Å². The predicted molar refractivity (Wildman–Crippen MR) is 74.3 cm³/mol. The second-order valence-electron chi connectivity index (χ2n) is 4.92. The van der Waals surface area contributed by atoms with Crippen LogP contribution in [0.3, 0.4) is 0 Å². The smallest absolute Gasteiger partial charge is 0.288 e. The Hall–Kier alpha value is -3.10. The number of nitrogens with zero attached hydrogens (tertiary/aromatic N) is 5. The van der Waals surface area contributed by atoms with Crippen LogP contribution in [-0.4, -0.2) is 30.4 Å². The summed E-state index contributed by atoms with van der Waals surface area (Å²) in [6, 6.07) is 5.67. The first-order valence-corrected chi connectivity index (χ1v) is 6.55. The monoisotopic (exact) mass is 299 g/mol. The third-order valence-electron chi connectivity index (χ3n) is 3.66. The minimum absolute atomic E-state index is 0.275. The Kier molecular flexibility index (Phi) is 2.55. The van der Waals surface area contributed by atoms with Crippen LogP contribution < -0.4 is 10.9 Å². The van der Waals surface area contributed by atoms with E-state index < -0.39 is 17.4 Å². The van der Waals surface area contributed by atoms with Crippen LogP contribution in [-0.2, 0) is 0 Å². The number of H-pyrrole nitrogens is 1. The molecular weight excluding hydrogens is 289 g/mol. The first kappa shape index (κ1) is 12.6. The molecule has 1 aliphatic rings. The van der Waals surface area contributed by atoms with Crippen molar-refractivity contribution in [1.29, 1.82) is 0 Å². The van der Waals surface area contributed by atoms with Crippen molar-refractivity contribution in [3.63, 3.8) is 0 Å². The minimum atomic E-state index is -0.655. The van der Waals surface area contributed by atoms with Crippen LogP contribution in [0.25, 0.3) is 0 Å². The Morgan fingerprint density at radius 2 is 2.14 bits per heavy atom. The summed E-state index contributed by atoms with van der Waals surface area (Å²) in [6.07, 6.45) is 0. The molecule has 22 heavy (non-hydrogen) atoms. The number of hydrogen-bond acceptors (Lipinski definition) is 6. The first-order chi connectivity index (χ1) is 10.7. The van der Waals surface area contributed by atoms with Gasteiger partial charge in [-0.25, -0.2) is 9.49 Å². The standard InChI is InChI=1S/C13H10FN7O/c1-6-9-10(12(22)17-16-6)15-13-18-19-20-21(13)11(9)7-4-2-3-5-8(7)14/h2-5,11H,1H3,(H,17,22)(H,15,18,20)/t11-/m0/s1. The van der Waals surface area contributed by atoms with Gasteiger partial charge in [-0.3, -0.25) is 4.79 Å². The van der Waals surface area contributed by atoms with Gasteiger partial charge in [0, 0.05) is 11.1 Å². The number of aromatic amines is 1. The Labute approximate surface area is 123 Å². The lowest BCUT2D eigenvalue weighted by atomic mass is 9.95. The van der Waals surface area contributed by atoms with Gasteiger partial charge >= 0.3 is 0 Å². The normalized spacial score (nSPS) is 15.8. The highest BCUT2D eigenvalue weighted by atomic mass is 19.1. The van der Waals surface area contributed by atoms with Crippen molar-refractivity contribution in [2.45, 2.75) is 13.0 Å². The molecule has 0 radical (unpaired) electrons. The molecule has 0 aliphatic carbocycles. The summed E-state index contributed by atoms with van der Waals surface area (Å²) in [4.78, 5) is 12.1. The van der Waals surface area contributed by atoms with Gasteiger partial charge in [0.2, 0.25) is 5.95 Å². The van der Waals surface area contributed by atoms with E-state index in [1.54, 1.807) is 25.1 Å². The maximum absolute atomic E-state index is 14.3. The van der Waals surface area contributed by atoms with E-state index in [0.29, 0.717) is 16.8 Å². The molecule has 0 saturated heterocycles. The molecule has 0 unspecified atom stereocenters. The second-order valence-corrected chi connectivity index (χ2v) is 4.92. The molecule has 0 amide bonds. The number of aromatic nitrogens is 6. The summed E-state index contributed by atoms with van der Waals surface area (Å²) in [5, 5.41) is 20.6. The Morgan fingerprint density at radius 1 is 1.32 bits per heavy atom. The van der Waals surface area contributed by atoms with Gasteiger partial charge in [0.15, 0.2) is 0 Å². The first-order valence-electron chi connectivity index (χ1n) is 6.55. The fourth-order valence-corrected chi connectivity index (χ4v) is 2.68.